The van der Waals surface area contributed by atoms with Crippen molar-refractivity contribution in [2.75, 3.05) is 0 Å². The Hall–Kier alpha value is -2.04. The minimum atomic E-state index is -0.675. The lowest BCUT2D eigenvalue weighted by atomic mass is 10.1. The largest absolute Gasteiger partial charge is 0.508 e. The van der Waals surface area contributed by atoms with Crippen molar-refractivity contribution >= 4 is 11.9 Å². The Morgan fingerprint density at radius 2 is 2.10 bits per heavy atom. The molecule has 3 amide bonds. The smallest absolute Gasteiger partial charge is 0.325 e. The van der Waals surface area contributed by atoms with E-state index >= 15 is 0 Å². The molecule has 1 aromatic rings. The van der Waals surface area contributed by atoms with Crippen LogP contribution in [0.15, 0.2) is 24.3 Å². The van der Waals surface area contributed by atoms with Crippen LogP contribution in [0.1, 0.15) is 37.8 Å². The molecule has 1 aromatic carbocycles. The number of nitrogens with zero attached hydrogens (tertiary/aromatic N) is 1. The summed E-state index contributed by atoms with van der Waals surface area (Å²) in [7, 11) is 0. The third-order valence-electron chi connectivity index (χ3n) is 4.21. The molecule has 1 aliphatic heterocycles. The number of imide groups is 1. The van der Waals surface area contributed by atoms with E-state index in [1.165, 1.54) is 11.0 Å². The topological polar surface area (TPSA) is 69.6 Å². The van der Waals surface area contributed by atoms with Crippen LogP contribution < -0.4 is 5.32 Å². The molecule has 3 rings (SSSR count). The standard InChI is InChI=1S/C15H18N2O3/c1-9-5-6-11(7-9)17-14(19)13(16-15(17)20)10-3-2-4-12(18)8-10/h2-4,8-9,11,13,18H,5-7H2,1H3,(H,16,20)/t9-,11+,13-/m1/s1. The number of hydrogen-bond donors (Lipinski definition) is 2. The summed E-state index contributed by atoms with van der Waals surface area (Å²) in [4.78, 5) is 25.9. The van der Waals surface area contributed by atoms with Gasteiger partial charge in [0.1, 0.15) is 11.8 Å². The molecular formula is C15H18N2O3. The van der Waals surface area contributed by atoms with E-state index in [1.807, 2.05) is 0 Å². The highest BCUT2D eigenvalue weighted by Gasteiger charge is 2.44. The monoisotopic (exact) mass is 274 g/mol. The lowest BCUT2D eigenvalue weighted by Gasteiger charge is -2.20. The maximum absolute atomic E-state index is 12.5. The van der Waals surface area contributed by atoms with E-state index in [0.717, 1.165) is 19.3 Å². The molecule has 20 heavy (non-hydrogen) atoms. The van der Waals surface area contributed by atoms with Crippen molar-refractivity contribution in [3.63, 3.8) is 0 Å². The fraction of sp³-hybridized carbons (Fsp3) is 0.467. The summed E-state index contributed by atoms with van der Waals surface area (Å²) in [6.45, 7) is 2.14. The number of carbonyl (C=O) groups excluding carboxylic acids is 2. The Balaban J connectivity index is 1.83. The molecule has 1 saturated carbocycles. The second-order valence-electron chi connectivity index (χ2n) is 5.76. The maximum Gasteiger partial charge on any atom is 0.325 e. The van der Waals surface area contributed by atoms with Crippen molar-refractivity contribution in [3.8, 4) is 5.75 Å². The summed E-state index contributed by atoms with van der Waals surface area (Å²) in [5.74, 6) is 0.442. The number of nitrogens with one attached hydrogen (secondary N) is 1. The summed E-state index contributed by atoms with van der Waals surface area (Å²) in [6, 6.07) is 5.49. The number of phenols is 1. The number of benzene rings is 1. The van der Waals surface area contributed by atoms with E-state index in [-0.39, 0.29) is 23.7 Å². The molecule has 2 aliphatic rings. The van der Waals surface area contributed by atoms with Gasteiger partial charge >= 0.3 is 6.03 Å². The van der Waals surface area contributed by atoms with Crippen molar-refractivity contribution in [1.82, 2.24) is 10.2 Å². The molecule has 1 saturated heterocycles. The number of hydrogen-bond acceptors (Lipinski definition) is 3. The molecule has 0 radical (unpaired) electrons. The van der Waals surface area contributed by atoms with E-state index in [4.69, 9.17) is 0 Å². The summed E-state index contributed by atoms with van der Waals surface area (Å²) in [6.07, 6.45) is 2.82. The van der Waals surface area contributed by atoms with Crippen LogP contribution in [0, 0.1) is 5.92 Å². The van der Waals surface area contributed by atoms with E-state index in [0.29, 0.717) is 11.5 Å². The van der Waals surface area contributed by atoms with Gasteiger partial charge in [0.25, 0.3) is 5.91 Å². The zero-order valence-corrected chi connectivity index (χ0v) is 11.4. The van der Waals surface area contributed by atoms with Crippen molar-refractivity contribution in [2.45, 2.75) is 38.3 Å². The Bertz CT molecular complexity index is 558. The first-order valence-corrected chi connectivity index (χ1v) is 6.99. The van der Waals surface area contributed by atoms with Gasteiger partial charge in [0.15, 0.2) is 0 Å². The summed E-state index contributed by atoms with van der Waals surface area (Å²) in [5, 5.41) is 12.2. The van der Waals surface area contributed by atoms with Gasteiger partial charge < -0.3 is 10.4 Å². The zero-order chi connectivity index (χ0) is 14.3. The second kappa shape index (κ2) is 4.81. The number of carbonyl (C=O) groups is 2. The van der Waals surface area contributed by atoms with Crippen LogP contribution in [-0.2, 0) is 4.79 Å². The molecule has 1 aliphatic carbocycles. The summed E-state index contributed by atoms with van der Waals surface area (Å²) < 4.78 is 0. The van der Waals surface area contributed by atoms with Crippen molar-refractivity contribution in [3.05, 3.63) is 29.8 Å². The van der Waals surface area contributed by atoms with Crippen molar-refractivity contribution in [2.24, 2.45) is 5.92 Å². The van der Waals surface area contributed by atoms with Crippen LogP contribution in [-0.4, -0.2) is 28.0 Å². The first-order valence-electron chi connectivity index (χ1n) is 6.99. The van der Waals surface area contributed by atoms with Gasteiger partial charge in [-0.05, 0) is 42.9 Å². The molecule has 0 bridgehead atoms. The minimum Gasteiger partial charge on any atom is -0.508 e. The summed E-state index contributed by atoms with van der Waals surface area (Å²) >= 11 is 0. The predicted molar refractivity (Wildman–Crippen MR) is 73.0 cm³/mol. The van der Waals surface area contributed by atoms with Gasteiger partial charge in [0, 0.05) is 6.04 Å². The van der Waals surface area contributed by atoms with Gasteiger partial charge in [0.2, 0.25) is 0 Å². The highest BCUT2D eigenvalue weighted by Crippen LogP contribution is 2.33. The second-order valence-corrected chi connectivity index (χ2v) is 5.76. The van der Waals surface area contributed by atoms with Gasteiger partial charge in [-0.3, -0.25) is 9.69 Å². The molecule has 1 heterocycles. The van der Waals surface area contributed by atoms with Crippen LogP contribution in [0.25, 0.3) is 0 Å². The van der Waals surface area contributed by atoms with E-state index < -0.39 is 6.04 Å². The molecule has 3 atom stereocenters. The van der Waals surface area contributed by atoms with E-state index in [9.17, 15) is 14.7 Å². The van der Waals surface area contributed by atoms with Gasteiger partial charge in [-0.25, -0.2) is 4.79 Å². The maximum atomic E-state index is 12.5. The highest BCUT2D eigenvalue weighted by molar-refractivity contribution is 6.05. The van der Waals surface area contributed by atoms with Gasteiger partial charge in [-0.15, -0.1) is 0 Å². The normalized spacial score (nSPS) is 29.9. The average molecular weight is 274 g/mol. The van der Waals surface area contributed by atoms with E-state index in [2.05, 4.69) is 12.2 Å². The van der Waals surface area contributed by atoms with Crippen molar-refractivity contribution in [1.29, 1.82) is 0 Å². The predicted octanol–water partition coefficient (Wildman–Crippen LogP) is 2.17. The Morgan fingerprint density at radius 1 is 1.30 bits per heavy atom. The fourth-order valence-electron chi connectivity index (χ4n) is 3.18. The molecule has 0 aromatic heterocycles. The number of rotatable bonds is 2. The quantitative estimate of drug-likeness (QED) is 0.812. The highest BCUT2D eigenvalue weighted by atomic mass is 16.3. The van der Waals surface area contributed by atoms with Gasteiger partial charge in [-0.1, -0.05) is 19.1 Å². The fourth-order valence-corrected chi connectivity index (χ4v) is 3.18. The van der Waals surface area contributed by atoms with E-state index in [1.54, 1.807) is 18.2 Å². The molecule has 5 nitrogen and oxygen atoms in total. The van der Waals surface area contributed by atoms with Gasteiger partial charge in [-0.2, -0.15) is 0 Å². The van der Waals surface area contributed by atoms with Crippen LogP contribution in [0.2, 0.25) is 0 Å². The SMILES string of the molecule is C[C@@H]1CC[C@H](N2C(=O)N[C@H](c3cccc(O)c3)C2=O)C1. The first kappa shape index (κ1) is 13.0. The zero-order valence-electron chi connectivity index (χ0n) is 11.4. The van der Waals surface area contributed by atoms with Crippen LogP contribution in [0.5, 0.6) is 5.75 Å². The first-order chi connectivity index (χ1) is 9.56. The Kier molecular flexibility index (Phi) is 3.12. The minimum absolute atomic E-state index is 0.0137. The Labute approximate surface area is 117 Å². The summed E-state index contributed by atoms with van der Waals surface area (Å²) in [5.41, 5.74) is 0.622. The average Bonchev–Trinajstić information content (AvgIpc) is 2.93. The third kappa shape index (κ3) is 2.13. The Morgan fingerprint density at radius 3 is 2.75 bits per heavy atom. The number of aromatic hydroxyl groups is 1. The van der Waals surface area contributed by atoms with Gasteiger partial charge in [0.05, 0.1) is 0 Å². The molecule has 5 heteroatoms. The lowest BCUT2D eigenvalue weighted by molar-refractivity contribution is -0.129. The molecule has 0 spiro atoms. The third-order valence-corrected chi connectivity index (χ3v) is 4.21. The number of urea groups is 1. The van der Waals surface area contributed by atoms with Crippen LogP contribution >= 0.6 is 0 Å². The number of phenolic OH excluding ortho intramolecular Hbond substituents is 1. The van der Waals surface area contributed by atoms with Crippen molar-refractivity contribution < 1.29 is 14.7 Å². The molecule has 0 unspecified atom stereocenters. The van der Waals surface area contributed by atoms with Crippen LogP contribution in [0.4, 0.5) is 4.79 Å². The lowest BCUT2D eigenvalue weighted by Crippen LogP contribution is -2.39. The molecule has 2 N–H and O–H groups in total. The molecule has 106 valence electrons. The molecule has 2 fully saturated rings. The molecular weight excluding hydrogens is 256 g/mol. The number of amides is 3. The van der Waals surface area contributed by atoms with Crippen LogP contribution in [0.3, 0.4) is 0 Å².